The summed E-state index contributed by atoms with van der Waals surface area (Å²) in [4.78, 5) is 11.6. The summed E-state index contributed by atoms with van der Waals surface area (Å²) >= 11 is 3.30. The molecule has 0 aromatic carbocycles. The smallest absolute Gasteiger partial charge is 0.331 e. The summed E-state index contributed by atoms with van der Waals surface area (Å²) in [5.74, 6) is -0.838. The van der Waals surface area contributed by atoms with Crippen molar-refractivity contribution in [2.24, 2.45) is 0 Å². The number of aliphatic carboxylic acids is 1. The van der Waals surface area contributed by atoms with Crippen LogP contribution in [0.1, 0.15) is 26.2 Å². The first-order chi connectivity index (χ1) is 8.08. The van der Waals surface area contributed by atoms with Gasteiger partial charge in [-0.15, -0.1) is 0 Å². The lowest BCUT2D eigenvalue weighted by Gasteiger charge is -2.37. The van der Waals surface area contributed by atoms with E-state index in [-0.39, 0.29) is 6.10 Å². The van der Waals surface area contributed by atoms with Crippen LogP contribution < -0.4 is 0 Å². The third kappa shape index (κ3) is 2.24. The van der Waals surface area contributed by atoms with E-state index in [1.807, 2.05) is 6.92 Å². The molecule has 1 aromatic heterocycles. The topological polar surface area (TPSA) is 64.3 Å². The SMILES string of the molecule is CCC1CC(C(=O)O)(n2cc(Br)cn2)CCO1. The number of rotatable bonds is 3. The van der Waals surface area contributed by atoms with Crippen LogP contribution in [0.15, 0.2) is 16.9 Å². The molecule has 2 heterocycles. The Labute approximate surface area is 108 Å². The molecule has 1 aliphatic heterocycles. The standard InChI is InChI=1S/C11H15BrN2O3/c1-2-9-5-11(10(15)16,3-4-17-9)14-7-8(12)6-13-14/h6-7,9H,2-5H2,1H3,(H,15,16). The Kier molecular flexibility index (Phi) is 3.53. The lowest BCUT2D eigenvalue weighted by molar-refractivity contribution is -0.157. The van der Waals surface area contributed by atoms with Crippen molar-refractivity contribution >= 4 is 21.9 Å². The predicted octanol–water partition coefficient (Wildman–Crippen LogP) is 2.01. The van der Waals surface area contributed by atoms with Gasteiger partial charge in [0.2, 0.25) is 0 Å². The molecule has 0 spiro atoms. The molecule has 0 radical (unpaired) electrons. The first-order valence-electron chi connectivity index (χ1n) is 5.64. The molecule has 0 bridgehead atoms. The monoisotopic (exact) mass is 302 g/mol. The highest BCUT2D eigenvalue weighted by Crippen LogP contribution is 2.34. The van der Waals surface area contributed by atoms with E-state index in [1.54, 1.807) is 17.1 Å². The largest absolute Gasteiger partial charge is 0.479 e. The van der Waals surface area contributed by atoms with Gasteiger partial charge in [-0.2, -0.15) is 5.10 Å². The summed E-state index contributed by atoms with van der Waals surface area (Å²) < 4.78 is 7.88. The fourth-order valence-electron chi connectivity index (χ4n) is 2.23. The van der Waals surface area contributed by atoms with E-state index in [0.29, 0.717) is 19.4 Å². The maximum absolute atomic E-state index is 11.6. The van der Waals surface area contributed by atoms with Crippen molar-refractivity contribution < 1.29 is 14.6 Å². The summed E-state index contributed by atoms with van der Waals surface area (Å²) in [5.41, 5.74) is -0.967. The van der Waals surface area contributed by atoms with Crippen molar-refractivity contribution in [2.75, 3.05) is 6.61 Å². The van der Waals surface area contributed by atoms with Gasteiger partial charge in [-0.3, -0.25) is 4.68 Å². The number of ether oxygens (including phenoxy) is 1. The zero-order chi connectivity index (χ0) is 12.5. The summed E-state index contributed by atoms with van der Waals surface area (Å²) in [5, 5.41) is 13.7. The highest BCUT2D eigenvalue weighted by atomic mass is 79.9. The molecule has 17 heavy (non-hydrogen) atoms. The molecule has 0 saturated carbocycles. The molecule has 1 aromatic rings. The van der Waals surface area contributed by atoms with Gasteiger partial charge in [0.15, 0.2) is 5.54 Å². The lowest BCUT2D eigenvalue weighted by atomic mass is 9.86. The fraction of sp³-hybridized carbons (Fsp3) is 0.636. The number of nitrogens with zero attached hydrogens (tertiary/aromatic N) is 2. The van der Waals surface area contributed by atoms with Gasteiger partial charge in [0, 0.05) is 25.6 Å². The molecule has 94 valence electrons. The Bertz CT molecular complexity index is 421. The van der Waals surface area contributed by atoms with E-state index in [0.717, 1.165) is 10.9 Å². The van der Waals surface area contributed by atoms with Crippen molar-refractivity contribution in [2.45, 2.75) is 37.8 Å². The number of halogens is 1. The van der Waals surface area contributed by atoms with Gasteiger partial charge in [0.05, 0.1) is 16.8 Å². The minimum Gasteiger partial charge on any atom is -0.479 e. The van der Waals surface area contributed by atoms with Crippen molar-refractivity contribution in [3.05, 3.63) is 16.9 Å². The second-order valence-electron chi connectivity index (χ2n) is 4.30. The van der Waals surface area contributed by atoms with Crippen molar-refractivity contribution in [3.63, 3.8) is 0 Å². The first kappa shape index (κ1) is 12.6. The third-order valence-electron chi connectivity index (χ3n) is 3.28. The maximum atomic E-state index is 11.6. The van der Waals surface area contributed by atoms with E-state index in [4.69, 9.17) is 4.74 Å². The molecule has 5 nitrogen and oxygen atoms in total. The van der Waals surface area contributed by atoms with Gasteiger partial charge >= 0.3 is 5.97 Å². The van der Waals surface area contributed by atoms with Crippen LogP contribution in [0.25, 0.3) is 0 Å². The average molecular weight is 303 g/mol. The van der Waals surface area contributed by atoms with Gasteiger partial charge in [-0.05, 0) is 22.4 Å². The zero-order valence-corrected chi connectivity index (χ0v) is 11.2. The third-order valence-corrected chi connectivity index (χ3v) is 3.69. The summed E-state index contributed by atoms with van der Waals surface area (Å²) in [7, 11) is 0. The number of aromatic nitrogens is 2. The Morgan fingerprint density at radius 1 is 1.82 bits per heavy atom. The quantitative estimate of drug-likeness (QED) is 0.928. The van der Waals surface area contributed by atoms with Crippen molar-refractivity contribution in [1.29, 1.82) is 0 Å². The fourth-order valence-corrected chi connectivity index (χ4v) is 2.52. The number of carbonyl (C=O) groups is 1. The first-order valence-corrected chi connectivity index (χ1v) is 6.43. The molecule has 2 atom stereocenters. The summed E-state index contributed by atoms with van der Waals surface area (Å²) in [6.07, 6.45) is 5.05. The van der Waals surface area contributed by atoms with E-state index in [1.165, 1.54) is 0 Å². The summed E-state index contributed by atoms with van der Waals surface area (Å²) in [6.45, 7) is 2.46. The Morgan fingerprint density at radius 2 is 2.59 bits per heavy atom. The molecule has 1 fully saturated rings. The number of carboxylic acid groups (broad SMARTS) is 1. The van der Waals surface area contributed by atoms with Crippen LogP contribution >= 0.6 is 15.9 Å². The second-order valence-corrected chi connectivity index (χ2v) is 5.21. The maximum Gasteiger partial charge on any atom is 0.331 e. The van der Waals surface area contributed by atoms with Crippen LogP contribution in [0.5, 0.6) is 0 Å². The molecule has 1 saturated heterocycles. The van der Waals surface area contributed by atoms with Crippen LogP contribution in [0.2, 0.25) is 0 Å². The van der Waals surface area contributed by atoms with Gasteiger partial charge in [-0.25, -0.2) is 4.79 Å². The molecule has 2 unspecified atom stereocenters. The van der Waals surface area contributed by atoms with E-state index >= 15 is 0 Å². The molecule has 1 aliphatic rings. The predicted molar refractivity (Wildman–Crippen MR) is 64.8 cm³/mol. The molecule has 6 heteroatoms. The Morgan fingerprint density at radius 3 is 3.12 bits per heavy atom. The van der Waals surface area contributed by atoms with Crippen LogP contribution in [-0.2, 0) is 15.1 Å². The molecule has 1 N–H and O–H groups in total. The molecule has 0 amide bonds. The second kappa shape index (κ2) is 4.78. The Hall–Kier alpha value is -0.880. The zero-order valence-electron chi connectivity index (χ0n) is 9.60. The minimum atomic E-state index is -0.967. The normalized spacial score (nSPS) is 29.2. The molecular formula is C11H15BrN2O3. The lowest BCUT2D eigenvalue weighted by Crippen LogP contribution is -2.49. The average Bonchev–Trinajstić information content (AvgIpc) is 2.76. The summed E-state index contributed by atoms with van der Waals surface area (Å²) in [6, 6.07) is 0. The molecule has 2 rings (SSSR count). The number of carboxylic acids is 1. The highest BCUT2D eigenvalue weighted by molar-refractivity contribution is 9.10. The molecular weight excluding hydrogens is 288 g/mol. The van der Waals surface area contributed by atoms with Crippen LogP contribution in [0, 0.1) is 0 Å². The minimum absolute atomic E-state index is 0.0113. The van der Waals surface area contributed by atoms with Crippen molar-refractivity contribution in [3.8, 4) is 0 Å². The number of hydrogen-bond donors (Lipinski definition) is 1. The highest BCUT2D eigenvalue weighted by Gasteiger charge is 2.45. The van der Waals surface area contributed by atoms with Gasteiger partial charge in [0.1, 0.15) is 0 Å². The van der Waals surface area contributed by atoms with E-state index < -0.39 is 11.5 Å². The van der Waals surface area contributed by atoms with Gasteiger partial charge in [-0.1, -0.05) is 6.92 Å². The van der Waals surface area contributed by atoms with Crippen molar-refractivity contribution in [1.82, 2.24) is 9.78 Å². The molecule has 0 aliphatic carbocycles. The van der Waals surface area contributed by atoms with Crippen LogP contribution in [0.4, 0.5) is 0 Å². The van der Waals surface area contributed by atoms with Gasteiger partial charge in [0.25, 0.3) is 0 Å². The van der Waals surface area contributed by atoms with E-state index in [2.05, 4.69) is 21.0 Å². The Balaban J connectivity index is 2.35. The van der Waals surface area contributed by atoms with Gasteiger partial charge < -0.3 is 9.84 Å². The van der Waals surface area contributed by atoms with E-state index in [9.17, 15) is 9.90 Å². The van der Waals surface area contributed by atoms with Crippen LogP contribution in [0.3, 0.4) is 0 Å². The number of hydrogen-bond acceptors (Lipinski definition) is 3. The van der Waals surface area contributed by atoms with Crippen LogP contribution in [-0.4, -0.2) is 33.6 Å².